The maximum absolute atomic E-state index is 4.92. The van der Waals surface area contributed by atoms with Crippen LogP contribution in [0.25, 0.3) is 77.3 Å². The minimum Gasteiger partial charge on any atom is -0.327 e. The second-order valence-electron chi connectivity index (χ2n) is 13.5. The van der Waals surface area contributed by atoms with Crippen LogP contribution in [0.5, 0.6) is 0 Å². The predicted molar refractivity (Wildman–Crippen MR) is 203 cm³/mol. The predicted octanol–water partition coefficient (Wildman–Crippen LogP) is 11.6. The van der Waals surface area contributed by atoms with Crippen molar-refractivity contribution in [1.82, 2.24) is 9.55 Å². The highest BCUT2D eigenvalue weighted by Gasteiger charge is 2.52. The summed E-state index contributed by atoms with van der Waals surface area (Å²) in [6.45, 7) is 0. The van der Waals surface area contributed by atoms with E-state index in [1.807, 2.05) is 6.07 Å². The first kappa shape index (κ1) is 26.8. The summed E-state index contributed by atoms with van der Waals surface area (Å²) in [6, 6.07) is 60.7. The van der Waals surface area contributed by atoms with E-state index in [0.717, 1.165) is 22.4 Å². The third-order valence-electron chi connectivity index (χ3n) is 11.2. The number of hydrogen-bond acceptors (Lipinski definition) is 1. The molecule has 0 saturated carbocycles. The first-order valence-corrected chi connectivity index (χ1v) is 17.0. The smallest absolute Gasteiger partial charge is 0.140 e. The van der Waals surface area contributed by atoms with Crippen LogP contribution in [0.1, 0.15) is 22.3 Å². The third-order valence-corrected chi connectivity index (χ3v) is 11.2. The van der Waals surface area contributed by atoms with Crippen LogP contribution in [0.4, 0.5) is 0 Å². The molecular weight excluding hydrogens is 593 g/mol. The Balaban J connectivity index is 1.13. The largest absolute Gasteiger partial charge is 0.327 e. The van der Waals surface area contributed by atoms with Crippen LogP contribution in [0.15, 0.2) is 164 Å². The molecule has 0 amide bonds. The van der Waals surface area contributed by atoms with Gasteiger partial charge in [-0.25, -0.2) is 4.98 Å². The Labute approximate surface area is 284 Å². The van der Waals surface area contributed by atoms with Crippen molar-refractivity contribution in [2.45, 2.75) is 5.41 Å². The van der Waals surface area contributed by atoms with Crippen molar-refractivity contribution in [3.05, 3.63) is 186 Å². The normalized spacial score (nSPS) is 13.6. The van der Waals surface area contributed by atoms with Gasteiger partial charge in [-0.15, -0.1) is 0 Å². The fourth-order valence-electron chi connectivity index (χ4n) is 9.14. The van der Waals surface area contributed by atoms with Gasteiger partial charge in [-0.05, 0) is 95.4 Å². The van der Waals surface area contributed by atoms with Crippen molar-refractivity contribution in [1.29, 1.82) is 0 Å². The number of imidazole rings is 1. The SMILES string of the molecule is Cn1c(-c2ccc(-c3ccc4c5c(ccc4c3)-c3c(ccc4ccccc34)C53c4ccccc4-c4ccccc43)cc2)nc2ccccc21. The molecular formula is C47H30N2. The molecule has 228 valence electrons. The number of fused-ring (bicyclic) bond motifs is 15. The average Bonchev–Trinajstić information content (AvgIpc) is 3.78. The lowest BCUT2D eigenvalue weighted by Crippen LogP contribution is -2.26. The maximum atomic E-state index is 4.92. The Morgan fingerprint density at radius 2 is 1.12 bits per heavy atom. The Morgan fingerprint density at radius 1 is 0.469 bits per heavy atom. The number of hydrogen-bond donors (Lipinski definition) is 0. The van der Waals surface area contributed by atoms with Gasteiger partial charge in [0.05, 0.1) is 16.4 Å². The lowest BCUT2D eigenvalue weighted by Gasteiger charge is -2.31. The van der Waals surface area contributed by atoms with Gasteiger partial charge in [0.15, 0.2) is 0 Å². The molecule has 2 heteroatoms. The quantitative estimate of drug-likeness (QED) is 0.188. The number of rotatable bonds is 2. The highest BCUT2D eigenvalue weighted by Crippen LogP contribution is 2.65. The molecule has 0 saturated heterocycles. The highest BCUT2D eigenvalue weighted by molar-refractivity contribution is 6.11. The molecule has 0 atom stereocenters. The Bertz CT molecular complexity index is 2790. The monoisotopic (exact) mass is 622 g/mol. The summed E-state index contributed by atoms with van der Waals surface area (Å²) in [4.78, 5) is 4.92. The molecule has 11 rings (SSSR count). The molecule has 0 unspecified atom stereocenters. The van der Waals surface area contributed by atoms with Crippen molar-refractivity contribution in [3.63, 3.8) is 0 Å². The van der Waals surface area contributed by atoms with Crippen molar-refractivity contribution in [2.24, 2.45) is 7.05 Å². The fourth-order valence-corrected chi connectivity index (χ4v) is 9.14. The topological polar surface area (TPSA) is 17.8 Å². The van der Waals surface area contributed by atoms with Crippen LogP contribution in [-0.2, 0) is 12.5 Å². The van der Waals surface area contributed by atoms with Crippen LogP contribution in [0.2, 0.25) is 0 Å². The number of para-hydroxylation sites is 2. The zero-order chi connectivity index (χ0) is 32.3. The van der Waals surface area contributed by atoms with E-state index in [1.54, 1.807) is 0 Å². The van der Waals surface area contributed by atoms with Crippen LogP contribution >= 0.6 is 0 Å². The molecule has 2 aliphatic carbocycles. The van der Waals surface area contributed by atoms with Gasteiger partial charge in [-0.1, -0.05) is 146 Å². The molecule has 0 radical (unpaired) electrons. The summed E-state index contributed by atoms with van der Waals surface area (Å²) in [7, 11) is 2.09. The maximum Gasteiger partial charge on any atom is 0.140 e. The number of benzene rings is 8. The third kappa shape index (κ3) is 3.43. The molecule has 49 heavy (non-hydrogen) atoms. The second-order valence-corrected chi connectivity index (χ2v) is 13.5. The zero-order valence-electron chi connectivity index (χ0n) is 27.0. The molecule has 0 aliphatic heterocycles. The van der Waals surface area contributed by atoms with Gasteiger partial charge in [-0.2, -0.15) is 0 Å². The van der Waals surface area contributed by atoms with E-state index >= 15 is 0 Å². The van der Waals surface area contributed by atoms with E-state index in [0.29, 0.717) is 0 Å². The first-order valence-electron chi connectivity index (χ1n) is 17.0. The standard InChI is InChI=1S/C47H30N2/c1-49-43-17-9-8-16-42(43)48-46(49)31-20-18-29(19-21-31)32-22-25-35-33(28-32)23-26-38-44-34-11-3-2-10-30(34)24-27-41(44)47(45(35)38)39-14-6-4-12-36(39)37-13-5-7-15-40(37)47/h2-28H,1H3. The minimum absolute atomic E-state index is 0.393. The van der Waals surface area contributed by atoms with Crippen LogP contribution in [-0.4, -0.2) is 9.55 Å². The van der Waals surface area contributed by atoms with E-state index in [2.05, 4.69) is 169 Å². The number of aryl methyl sites for hydroxylation is 1. The van der Waals surface area contributed by atoms with Crippen molar-refractivity contribution in [3.8, 4) is 44.8 Å². The second kappa shape index (κ2) is 9.65. The van der Waals surface area contributed by atoms with E-state index < -0.39 is 5.41 Å². The van der Waals surface area contributed by atoms with Gasteiger partial charge in [-0.3, -0.25) is 0 Å². The summed E-state index contributed by atoms with van der Waals surface area (Å²) >= 11 is 0. The fraction of sp³-hybridized carbons (Fsp3) is 0.0426. The Hall–Kier alpha value is -6.25. The Kier molecular flexibility index (Phi) is 5.28. The lowest BCUT2D eigenvalue weighted by molar-refractivity contribution is 0.802. The van der Waals surface area contributed by atoms with Gasteiger partial charge < -0.3 is 4.57 Å². The molecule has 0 N–H and O–H groups in total. The molecule has 2 nitrogen and oxygen atoms in total. The summed E-state index contributed by atoms with van der Waals surface area (Å²) in [5, 5.41) is 5.16. The molecule has 0 bridgehead atoms. The van der Waals surface area contributed by atoms with Crippen molar-refractivity contribution >= 4 is 32.6 Å². The average molecular weight is 623 g/mol. The van der Waals surface area contributed by atoms with E-state index in [-0.39, 0.29) is 0 Å². The minimum atomic E-state index is -0.393. The number of nitrogens with zero attached hydrogens (tertiary/aromatic N) is 2. The van der Waals surface area contributed by atoms with Gasteiger partial charge in [0.1, 0.15) is 5.82 Å². The first-order chi connectivity index (χ1) is 24.2. The van der Waals surface area contributed by atoms with E-state index in [9.17, 15) is 0 Å². The highest BCUT2D eigenvalue weighted by atomic mass is 15.1. The molecule has 9 aromatic rings. The van der Waals surface area contributed by atoms with E-state index in [4.69, 9.17) is 4.98 Å². The summed E-state index contributed by atoms with van der Waals surface area (Å²) in [5.74, 6) is 0.983. The summed E-state index contributed by atoms with van der Waals surface area (Å²) in [6.07, 6.45) is 0. The number of aromatic nitrogens is 2. The summed E-state index contributed by atoms with van der Waals surface area (Å²) < 4.78 is 2.18. The van der Waals surface area contributed by atoms with Crippen LogP contribution in [0, 0.1) is 0 Å². The molecule has 1 spiro atoms. The zero-order valence-corrected chi connectivity index (χ0v) is 27.0. The molecule has 1 aromatic heterocycles. The lowest BCUT2D eigenvalue weighted by atomic mass is 9.69. The van der Waals surface area contributed by atoms with Gasteiger partial charge in [0.25, 0.3) is 0 Å². The Morgan fingerprint density at radius 3 is 1.92 bits per heavy atom. The van der Waals surface area contributed by atoms with E-state index in [1.165, 1.54) is 77.2 Å². The van der Waals surface area contributed by atoms with Gasteiger partial charge in [0, 0.05) is 12.6 Å². The van der Waals surface area contributed by atoms with Crippen molar-refractivity contribution in [2.75, 3.05) is 0 Å². The molecule has 8 aromatic carbocycles. The summed E-state index contributed by atoms with van der Waals surface area (Å²) in [5.41, 5.74) is 16.2. The molecule has 0 fully saturated rings. The van der Waals surface area contributed by atoms with Crippen LogP contribution < -0.4 is 0 Å². The molecule has 1 heterocycles. The van der Waals surface area contributed by atoms with Crippen LogP contribution in [0.3, 0.4) is 0 Å². The van der Waals surface area contributed by atoms with Crippen molar-refractivity contribution < 1.29 is 0 Å². The molecule has 2 aliphatic rings. The van der Waals surface area contributed by atoms with Gasteiger partial charge in [0.2, 0.25) is 0 Å². The van der Waals surface area contributed by atoms with Gasteiger partial charge >= 0.3 is 0 Å².